The van der Waals surface area contributed by atoms with Crippen LogP contribution in [-0.4, -0.2) is 64.2 Å². The van der Waals surface area contributed by atoms with Gasteiger partial charge in [-0.05, 0) is 164 Å². The summed E-state index contributed by atoms with van der Waals surface area (Å²) in [7, 11) is 4.29. The molecule has 6 aromatic rings. The molecule has 0 fully saturated rings. The number of carboxylic acid groups (broad SMARTS) is 2. The molecule has 8 rings (SSSR count). The fourth-order valence-electron chi connectivity index (χ4n) is 11.9. The second kappa shape index (κ2) is 28.5. The average molecular weight is 1400 g/mol. The molecule has 6 aromatic carbocycles. The van der Waals surface area contributed by atoms with Crippen molar-refractivity contribution in [1.29, 1.82) is 0 Å². The summed E-state index contributed by atoms with van der Waals surface area (Å²) < 4.78 is 53.1. The molecule has 12 nitrogen and oxygen atoms in total. The van der Waals surface area contributed by atoms with Crippen LogP contribution in [-0.2, 0) is 72.4 Å². The number of fused-ring (bicyclic) bond motifs is 2. The van der Waals surface area contributed by atoms with Gasteiger partial charge in [-0.2, -0.15) is 0 Å². The van der Waals surface area contributed by atoms with Gasteiger partial charge < -0.3 is 48.1 Å². The number of methoxy groups -OCH3 is 4. The van der Waals surface area contributed by atoms with Crippen molar-refractivity contribution in [2.45, 2.75) is 223 Å². The van der Waals surface area contributed by atoms with E-state index in [4.69, 9.17) is 57.7 Å². The number of rotatable bonds is 11. The van der Waals surface area contributed by atoms with E-state index in [2.05, 4.69) is 239 Å². The van der Waals surface area contributed by atoms with Gasteiger partial charge in [-0.3, -0.25) is 9.59 Å². The van der Waals surface area contributed by atoms with Crippen LogP contribution in [0.5, 0.6) is 46.0 Å². The summed E-state index contributed by atoms with van der Waals surface area (Å²) in [4.78, 5) is 18.0. The molecule has 0 aliphatic carbocycles. The Morgan fingerprint density at radius 2 is 0.516 bits per heavy atom. The predicted molar refractivity (Wildman–Crippen MR) is 384 cm³/mol. The Labute approximate surface area is 573 Å². The fraction of sp³-hybridized carbons (Fsp3) is 0.513. The predicted octanol–water partition coefficient (Wildman–Crippen LogP) is 16.9. The molecule has 0 saturated heterocycles. The maximum atomic E-state index is 9.00. The standard InChI is InChI=1S/C74H100O8P2.2C2H4O2.Ru/c1-67(2,3)47-33-43(34-48(61(47)75-25)68(4,5)6)83(44-35-49(69(7,8)9)62(76-26)50(36-44)70(10,11)12)57-31-29-55-65(81-41-79-55)59(57)60-58(32-30-56-66(60)82-42-80-56)84(45-37-51(71(13,14)15)63(77-27)52(38-45)72(16,17)18)46-39-53(73(19,20)21)64(78-28)54(40-46)74(22,23)24;2*1-2(3)4;/h29-40H,41-42H2,1-28H3;2*1H3,(H,3,4);. The third kappa shape index (κ3) is 17.2. The normalized spacial score (nSPS) is 13.4. The molecular formula is C78H108O12P2Ru. The Kier molecular flexibility index (Phi) is 23.8. The molecule has 510 valence electrons. The Morgan fingerprint density at radius 1 is 0.344 bits per heavy atom. The Hall–Kier alpha value is -5.86. The summed E-state index contributed by atoms with van der Waals surface area (Å²) in [5.74, 6) is 4.75. The number of aliphatic carboxylic acids is 2. The van der Waals surface area contributed by atoms with Gasteiger partial charge in [0.2, 0.25) is 13.6 Å². The molecule has 0 spiro atoms. The first-order chi connectivity index (χ1) is 42.0. The SMILES string of the molecule is CC(=O)O.CC(=O)O.COc1c(C(C)(C)C)cc(P(c2cc(C(C)(C)C)c(OC)c(C(C)(C)C)c2)c2ccc3c(c2-c2c(P(c4cc(C(C)(C)C)c(OC)c(C(C)(C)C)c4)c4cc(C(C)(C)C)c(OC)c(C(C)(C)C)c4)ccc4c2OCO4)OCO3)cc1C(C)(C)C.[Ru]. The number of ether oxygens (including phenoxy) is 8. The van der Waals surface area contributed by atoms with Crippen molar-refractivity contribution >= 4 is 59.6 Å². The maximum Gasteiger partial charge on any atom is 0.300 e. The smallest absolute Gasteiger partial charge is 0.300 e. The Morgan fingerprint density at radius 3 is 0.667 bits per heavy atom. The van der Waals surface area contributed by atoms with Gasteiger partial charge in [0, 0.05) is 89.0 Å². The quantitative estimate of drug-likeness (QED) is 0.0939. The zero-order valence-electron chi connectivity index (χ0n) is 61.6. The zero-order chi connectivity index (χ0) is 69.7. The first-order valence-corrected chi connectivity index (χ1v) is 34.5. The largest absolute Gasteiger partial charge is 0.496 e. The number of carbonyl (C=O) groups is 2. The van der Waals surface area contributed by atoms with Crippen LogP contribution >= 0.6 is 15.8 Å². The van der Waals surface area contributed by atoms with Gasteiger partial charge in [0.1, 0.15) is 23.0 Å². The number of hydrogen-bond acceptors (Lipinski definition) is 10. The van der Waals surface area contributed by atoms with Crippen molar-refractivity contribution in [3.8, 4) is 57.1 Å². The summed E-state index contributed by atoms with van der Waals surface area (Å²) in [5, 5.41) is 21.8. The summed E-state index contributed by atoms with van der Waals surface area (Å²) in [6.07, 6.45) is 0. The van der Waals surface area contributed by atoms with Gasteiger partial charge in [-0.1, -0.05) is 166 Å². The average Bonchev–Trinajstić information content (AvgIpc) is 1.67. The van der Waals surface area contributed by atoms with Crippen molar-refractivity contribution in [3.63, 3.8) is 0 Å². The van der Waals surface area contributed by atoms with E-state index in [1.54, 1.807) is 0 Å². The summed E-state index contributed by atoms with van der Waals surface area (Å²) >= 11 is 0. The van der Waals surface area contributed by atoms with Crippen LogP contribution in [0.1, 0.15) is 225 Å². The minimum atomic E-state index is -1.50. The van der Waals surface area contributed by atoms with E-state index in [-0.39, 0.29) is 76.4 Å². The van der Waals surface area contributed by atoms with Crippen molar-refractivity contribution in [3.05, 3.63) is 117 Å². The molecule has 2 aliphatic rings. The van der Waals surface area contributed by atoms with E-state index in [1.165, 1.54) is 21.2 Å². The van der Waals surface area contributed by atoms with Crippen LogP contribution < -0.4 is 69.7 Å². The second-order valence-electron chi connectivity index (χ2n) is 32.4. The molecule has 0 atom stereocenters. The van der Waals surface area contributed by atoms with Crippen LogP contribution in [0, 0.1) is 0 Å². The summed E-state index contributed by atoms with van der Waals surface area (Å²) in [6, 6.07) is 28.4. The molecule has 0 aromatic heterocycles. The molecular weight excluding hydrogens is 1290 g/mol. The monoisotopic (exact) mass is 1400 g/mol. The van der Waals surface area contributed by atoms with E-state index >= 15 is 0 Å². The molecule has 15 heteroatoms. The van der Waals surface area contributed by atoms with Crippen LogP contribution in [0.4, 0.5) is 0 Å². The molecule has 2 heterocycles. The molecule has 93 heavy (non-hydrogen) atoms. The Balaban J connectivity index is 0.00000165. The van der Waals surface area contributed by atoms with E-state index in [0.717, 1.165) is 103 Å². The molecule has 0 unspecified atom stereocenters. The van der Waals surface area contributed by atoms with Gasteiger partial charge >= 0.3 is 0 Å². The third-order valence-corrected chi connectivity index (χ3v) is 21.2. The molecule has 0 radical (unpaired) electrons. The van der Waals surface area contributed by atoms with E-state index in [0.29, 0.717) is 23.0 Å². The minimum absolute atomic E-state index is 0. The van der Waals surface area contributed by atoms with Gasteiger partial charge in [0.25, 0.3) is 11.9 Å². The second-order valence-corrected chi connectivity index (χ2v) is 36.8. The van der Waals surface area contributed by atoms with Crippen LogP contribution in [0.2, 0.25) is 0 Å². The van der Waals surface area contributed by atoms with Crippen molar-refractivity contribution in [2.75, 3.05) is 42.0 Å². The molecule has 0 bridgehead atoms. The summed E-state index contributed by atoms with van der Waals surface area (Å²) in [5.41, 5.74) is 8.79. The van der Waals surface area contributed by atoms with Gasteiger partial charge in [-0.25, -0.2) is 0 Å². The van der Waals surface area contributed by atoms with Crippen molar-refractivity contribution in [1.82, 2.24) is 0 Å². The fourth-order valence-corrected chi connectivity index (χ4v) is 17.0. The van der Waals surface area contributed by atoms with E-state index < -0.39 is 27.8 Å². The van der Waals surface area contributed by atoms with Crippen LogP contribution in [0.3, 0.4) is 0 Å². The molecule has 0 amide bonds. The summed E-state index contributed by atoms with van der Waals surface area (Å²) in [6.45, 7) is 57.4. The topological polar surface area (TPSA) is 148 Å². The molecule has 2 N–H and O–H groups in total. The van der Waals surface area contributed by atoms with Crippen LogP contribution in [0.25, 0.3) is 11.1 Å². The zero-order valence-corrected chi connectivity index (χ0v) is 65.1. The number of benzene rings is 6. The first-order valence-electron chi connectivity index (χ1n) is 31.8. The van der Waals surface area contributed by atoms with E-state index in [1.807, 2.05) is 28.4 Å². The van der Waals surface area contributed by atoms with Gasteiger partial charge in [-0.15, -0.1) is 0 Å². The van der Waals surface area contributed by atoms with Crippen molar-refractivity contribution < 1.29 is 77.2 Å². The molecule has 2 aliphatic heterocycles. The molecule has 0 saturated carbocycles. The van der Waals surface area contributed by atoms with Gasteiger partial charge in [0.15, 0.2) is 23.0 Å². The third-order valence-electron chi connectivity index (χ3n) is 16.4. The van der Waals surface area contributed by atoms with Crippen molar-refractivity contribution in [2.24, 2.45) is 0 Å². The number of carboxylic acids is 2. The van der Waals surface area contributed by atoms with E-state index in [9.17, 15) is 0 Å². The van der Waals surface area contributed by atoms with Gasteiger partial charge in [0.05, 0.1) is 28.4 Å². The van der Waals surface area contributed by atoms with Crippen LogP contribution in [0.15, 0.2) is 72.8 Å². The maximum absolute atomic E-state index is 9.00. The number of hydrogen-bond donors (Lipinski definition) is 2. The minimum Gasteiger partial charge on any atom is -0.496 e. The first kappa shape index (κ1) is 77.8. The Bertz CT molecular complexity index is 3150.